The molecular weight excluding hydrogens is 406 g/mol. The van der Waals surface area contributed by atoms with E-state index in [4.69, 9.17) is 0 Å². The maximum Gasteiger partial charge on any atom is 0.263 e. The average molecular weight is 422 g/mol. The number of carbonyl (C=O) groups is 3. The zero-order valence-electron chi connectivity index (χ0n) is 15.1. The van der Waals surface area contributed by atoms with Crippen LogP contribution in [0.4, 0.5) is 0 Å². The molecule has 3 aromatic rings. The molecule has 0 unspecified atom stereocenters. The molecule has 4 heterocycles. The molecule has 8 heteroatoms. The van der Waals surface area contributed by atoms with Gasteiger partial charge in [-0.05, 0) is 35.0 Å². The van der Waals surface area contributed by atoms with Gasteiger partial charge in [0.15, 0.2) is 0 Å². The van der Waals surface area contributed by atoms with Gasteiger partial charge in [0.05, 0.1) is 27.8 Å². The van der Waals surface area contributed by atoms with Crippen LogP contribution in [0.15, 0.2) is 64.4 Å². The van der Waals surface area contributed by atoms with E-state index in [2.05, 4.69) is 5.10 Å². The van der Waals surface area contributed by atoms with E-state index in [1.54, 1.807) is 46.9 Å². The van der Waals surface area contributed by atoms with E-state index in [-0.39, 0.29) is 18.5 Å². The molecule has 6 nitrogen and oxygen atoms in total. The van der Waals surface area contributed by atoms with Gasteiger partial charge in [-0.2, -0.15) is 5.10 Å². The summed E-state index contributed by atoms with van der Waals surface area (Å²) in [6.45, 7) is -0.324. The third-order valence-corrected chi connectivity index (χ3v) is 6.91. The van der Waals surface area contributed by atoms with E-state index in [9.17, 15) is 14.4 Å². The Hall–Kier alpha value is -3.10. The molecule has 1 atom stereocenters. The highest BCUT2D eigenvalue weighted by Crippen LogP contribution is 2.36. The molecule has 2 aromatic heterocycles. The van der Waals surface area contributed by atoms with Crippen LogP contribution in [-0.2, 0) is 4.79 Å². The summed E-state index contributed by atoms with van der Waals surface area (Å²) in [4.78, 5) is 41.4. The first-order valence-corrected chi connectivity index (χ1v) is 10.8. The molecule has 5 rings (SSSR count). The highest BCUT2D eigenvalue weighted by atomic mass is 32.1. The van der Waals surface area contributed by atoms with Gasteiger partial charge in [0.2, 0.25) is 0 Å². The Labute approximate surface area is 174 Å². The summed E-state index contributed by atoms with van der Waals surface area (Å²) in [7, 11) is 0. The van der Waals surface area contributed by atoms with Crippen LogP contribution >= 0.6 is 22.7 Å². The van der Waals surface area contributed by atoms with Crippen LogP contribution in [0.3, 0.4) is 0 Å². The Morgan fingerprint density at radius 3 is 2.28 bits per heavy atom. The second-order valence-corrected chi connectivity index (χ2v) is 8.67. The predicted octanol–water partition coefficient (Wildman–Crippen LogP) is 3.78. The summed E-state index contributed by atoms with van der Waals surface area (Å²) >= 11 is 3.14. The summed E-state index contributed by atoms with van der Waals surface area (Å²) in [5.74, 6) is -1.24. The van der Waals surface area contributed by atoms with Gasteiger partial charge in [0, 0.05) is 11.3 Å². The minimum atomic E-state index is -0.437. The molecule has 1 aromatic carbocycles. The number of imide groups is 1. The fraction of sp³-hybridized carbons (Fsp3) is 0.143. The average Bonchev–Trinajstić information content (AvgIpc) is 3.51. The van der Waals surface area contributed by atoms with Crippen LogP contribution in [0, 0.1) is 0 Å². The third-order valence-electron chi connectivity index (χ3n) is 5.01. The first kappa shape index (κ1) is 18.0. The highest BCUT2D eigenvalue weighted by Gasteiger charge is 2.40. The number of amides is 3. The highest BCUT2D eigenvalue weighted by molar-refractivity contribution is 7.12. The standard InChI is InChI=1S/C21H15N3O3S2/c25-19(12-23-20(26)13-5-1-2-6-14(13)21(23)27)24-16(18-8-4-10-29-18)11-15(22-24)17-7-3-9-28-17/h1-10,16H,11-12H2/t16-/m0/s1. The second kappa shape index (κ2) is 7.06. The van der Waals surface area contributed by atoms with Gasteiger partial charge in [-0.3, -0.25) is 19.3 Å². The molecular formula is C21H15N3O3S2. The fourth-order valence-electron chi connectivity index (χ4n) is 3.62. The SMILES string of the molecule is O=C1c2ccccc2C(=O)N1CC(=O)N1N=C(c2cccs2)C[C@H]1c1cccs1. The summed E-state index contributed by atoms with van der Waals surface area (Å²) in [6, 6.07) is 14.3. The monoisotopic (exact) mass is 421 g/mol. The lowest BCUT2D eigenvalue weighted by Gasteiger charge is -2.23. The lowest BCUT2D eigenvalue weighted by Crippen LogP contribution is -2.40. The van der Waals surface area contributed by atoms with Crippen LogP contribution in [0.25, 0.3) is 0 Å². The summed E-state index contributed by atoms with van der Waals surface area (Å²) in [6.07, 6.45) is 0.606. The van der Waals surface area contributed by atoms with Crippen molar-refractivity contribution >= 4 is 46.1 Å². The van der Waals surface area contributed by atoms with Crippen molar-refractivity contribution in [1.29, 1.82) is 0 Å². The van der Waals surface area contributed by atoms with Crippen LogP contribution < -0.4 is 0 Å². The van der Waals surface area contributed by atoms with Crippen LogP contribution in [0.5, 0.6) is 0 Å². The molecule has 2 aliphatic heterocycles. The molecule has 0 saturated heterocycles. The van der Waals surface area contributed by atoms with Gasteiger partial charge >= 0.3 is 0 Å². The van der Waals surface area contributed by atoms with Crippen molar-refractivity contribution in [3.63, 3.8) is 0 Å². The van der Waals surface area contributed by atoms with Crippen LogP contribution in [-0.4, -0.2) is 39.9 Å². The van der Waals surface area contributed by atoms with Gasteiger partial charge in [-0.1, -0.05) is 24.3 Å². The molecule has 0 spiro atoms. The molecule has 2 aliphatic rings. The number of carbonyl (C=O) groups excluding carboxylic acids is 3. The minimum absolute atomic E-state index is 0.227. The largest absolute Gasteiger partial charge is 0.271 e. The molecule has 0 N–H and O–H groups in total. The van der Waals surface area contributed by atoms with Gasteiger partial charge in [-0.15, -0.1) is 22.7 Å². The van der Waals surface area contributed by atoms with Crippen molar-refractivity contribution in [3.05, 3.63) is 80.2 Å². The molecule has 0 bridgehead atoms. The number of fused-ring (bicyclic) bond motifs is 1. The van der Waals surface area contributed by atoms with E-state index < -0.39 is 11.8 Å². The number of rotatable bonds is 4. The van der Waals surface area contributed by atoms with Crippen molar-refractivity contribution in [1.82, 2.24) is 9.91 Å². The Morgan fingerprint density at radius 1 is 0.966 bits per heavy atom. The van der Waals surface area contributed by atoms with Gasteiger partial charge in [0.1, 0.15) is 6.54 Å². The Morgan fingerprint density at radius 2 is 1.66 bits per heavy atom. The van der Waals surface area contributed by atoms with E-state index in [0.29, 0.717) is 17.5 Å². The number of hydrogen-bond donors (Lipinski definition) is 0. The first-order valence-electron chi connectivity index (χ1n) is 9.05. The van der Waals surface area contributed by atoms with E-state index in [0.717, 1.165) is 20.4 Å². The van der Waals surface area contributed by atoms with Crippen LogP contribution in [0.1, 0.15) is 42.9 Å². The Bertz CT molecular complexity index is 1100. The smallest absolute Gasteiger partial charge is 0.263 e. The lowest BCUT2D eigenvalue weighted by atomic mass is 10.1. The molecule has 29 heavy (non-hydrogen) atoms. The number of nitrogens with zero attached hydrogens (tertiary/aromatic N) is 3. The van der Waals surface area contributed by atoms with E-state index in [1.165, 1.54) is 5.01 Å². The van der Waals surface area contributed by atoms with Crippen molar-refractivity contribution in [2.75, 3.05) is 6.54 Å². The fourth-order valence-corrected chi connectivity index (χ4v) is 5.16. The van der Waals surface area contributed by atoms with E-state index >= 15 is 0 Å². The van der Waals surface area contributed by atoms with Crippen molar-refractivity contribution in [2.24, 2.45) is 5.10 Å². The number of thiophene rings is 2. The van der Waals surface area contributed by atoms with Crippen molar-refractivity contribution < 1.29 is 14.4 Å². The maximum atomic E-state index is 13.1. The Balaban J connectivity index is 1.43. The van der Waals surface area contributed by atoms with E-state index in [1.807, 2.05) is 35.0 Å². The number of hydrazone groups is 1. The Kier molecular flexibility index (Phi) is 4.37. The zero-order valence-corrected chi connectivity index (χ0v) is 16.8. The van der Waals surface area contributed by atoms with Gasteiger partial charge < -0.3 is 0 Å². The summed E-state index contributed by atoms with van der Waals surface area (Å²) in [5.41, 5.74) is 1.52. The minimum Gasteiger partial charge on any atom is -0.271 e. The normalized spacial score (nSPS) is 18.3. The first-order chi connectivity index (χ1) is 14.1. The molecule has 0 aliphatic carbocycles. The molecule has 3 amide bonds. The van der Waals surface area contributed by atoms with Crippen molar-refractivity contribution in [3.8, 4) is 0 Å². The quantitative estimate of drug-likeness (QED) is 0.602. The number of benzene rings is 1. The summed E-state index contributed by atoms with van der Waals surface area (Å²) in [5, 5.41) is 9.95. The van der Waals surface area contributed by atoms with Crippen molar-refractivity contribution in [2.45, 2.75) is 12.5 Å². The van der Waals surface area contributed by atoms with Crippen LogP contribution in [0.2, 0.25) is 0 Å². The second-order valence-electron chi connectivity index (χ2n) is 6.74. The molecule has 0 radical (unpaired) electrons. The third kappa shape index (κ3) is 3.01. The summed E-state index contributed by atoms with van der Waals surface area (Å²) < 4.78 is 0. The lowest BCUT2D eigenvalue weighted by molar-refractivity contribution is -0.133. The number of hydrogen-bond acceptors (Lipinski definition) is 6. The molecule has 144 valence electrons. The zero-order chi connectivity index (χ0) is 20.0. The van der Waals surface area contributed by atoms with Gasteiger partial charge in [-0.25, -0.2) is 5.01 Å². The molecule has 0 fully saturated rings. The topological polar surface area (TPSA) is 70.1 Å². The molecule has 0 saturated carbocycles. The maximum absolute atomic E-state index is 13.1. The van der Waals surface area contributed by atoms with Gasteiger partial charge in [0.25, 0.3) is 17.7 Å². The predicted molar refractivity (Wildman–Crippen MR) is 111 cm³/mol.